The van der Waals surface area contributed by atoms with Crippen LogP contribution in [0.5, 0.6) is 0 Å². The Morgan fingerprint density at radius 1 is 0.339 bits per heavy atom. The van der Waals surface area contributed by atoms with Crippen LogP contribution in [-0.2, 0) is 0 Å². The number of nitrogens with zero attached hydrogens (tertiary/aromatic N) is 3. The molecule has 4 heteroatoms. The summed E-state index contributed by atoms with van der Waals surface area (Å²) in [5, 5.41) is 7.06. The van der Waals surface area contributed by atoms with Gasteiger partial charge in [-0.15, -0.1) is 0 Å². The minimum absolute atomic E-state index is 0.901. The van der Waals surface area contributed by atoms with Gasteiger partial charge in [0.05, 0.1) is 22.4 Å². The second-order valence-corrected chi connectivity index (χ2v) is 14.2. The third-order valence-corrected chi connectivity index (χ3v) is 10.9. The van der Waals surface area contributed by atoms with Crippen molar-refractivity contribution < 1.29 is 4.42 Å². The van der Waals surface area contributed by atoms with Gasteiger partial charge in [0.2, 0.25) is 0 Å². The summed E-state index contributed by atoms with van der Waals surface area (Å²) in [5.41, 5.74) is 11.7. The summed E-state index contributed by atoms with van der Waals surface area (Å²) >= 11 is 0. The van der Waals surface area contributed by atoms with Gasteiger partial charge in [0, 0.05) is 50.0 Å². The number of benzene rings is 9. The Morgan fingerprint density at radius 2 is 0.875 bits per heavy atom. The van der Waals surface area contributed by atoms with Gasteiger partial charge in [0.15, 0.2) is 0 Å². The van der Waals surface area contributed by atoms with E-state index >= 15 is 0 Å². The van der Waals surface area contributed by atoms with E-state index in [1.165, 1.54) is 21.7 Å². The molecule has 0 fully saturated rings. The Morgan fingerprint density at radius 3 is 1.57 bits per heavy atom. The SMILES string of the molecule is c1ccc(N(c2ccc3c(ccc4oc5ccccc5c43)c2)c2ccccc2N(c2ccccc2)c2ccc3c4ccccc4n(-c4ccccc4)c3c2)cc1. The molecular weight excluding hydrogens is 683 g/mol. The minimum Gasteiger partial charge on any atom is -0.456 e. The lowest BCUT2D eigenvalue weighted by atomic mass is 10.0. The zero-order chi connectivity index (χ0) is 37.0. The largest absolute Gasteiger partial charge is 0.456 e. The van der Waals surface area contributed by atoms with Gasteiger partial charge in [-0.3, -0.25) is 0 Å². The molecule has 0 bridgehead atoms. The summed E-state index contributed by atoms with van der Waals surface area (Å²) in [6.45, 7) is 0. The van der Waals surface area contributed by atoms with Crippen molar-refractivity contribution in [2.45, 2.75) is 0 Å². The summed E-state index contributed by atoms with van der Waals surface area (Å²) in [6.07, 6.45) is 0. The van der Waals surface area contributed by atoms with Gasteiger partial charge in [-0.25, -0.2) is 0 Å². The number of rotatable bonds is 7. The van der Waals surface area contributed by atoms with Crippen LogP contribution in [0.25, 0.3) is 60.2 Å². The van der Waals surface area contributed by atoms with Crippen LogP contribution in [0.15, 0.2) is 217 Å². The first kappa shape index (κ1) is 31.9. The zero-order valence-electron chi connectivity index (χ0n) is 30.5. The molecule has 2 aromatic heterocycles. The summed E-state index contributed by atoms with van der Waals surface area (Å²) < 4.78 is 8.65. The molecule has 0 saturated carbocycles. The van der Waals surface area contributed by atoms with Crippen molar-refractivity contribution in [2.75, 3.05) is 9.80 Å². The molecule has 2 heterocycles. The average Bonchev–Trinajstić information content (AvgIpc) is 3.81. The zero-order valence-corrected chi connectivity index (χ0v) is 30.5. The van der Waals surface area contributed by atoms with Crippen LogP contribution in [0.3, 0.4) is 0 Å². The Kier molecular flexibility index (Phi) is 7.46. The fraction of sp³-hybridized carbons (Fsp3) is 0. The maximum Gasteiger partial charge on any atom is 0.136 e. The molecule has 0 amide bonds. The lowest BCUT2D eigenvalue weighted by Gasteiger charge is -2.33. The van der Waals surface area contributed by atoms with Gasteiger partial charge in [-0.1, -0.05) is 121 Å². The molecule has 0 spiro atoms. The van der Waals surface area contributed by atoms with Crippen molar-refractivity contribution in [3.05, 3.63) is 212 Å². The van der Waals surface area contributed by atoms with Crippen molar-refractivity contribution in [1.29, 1.82) is 0 Å². The highest BCUT2D eigenvalue weighted by atomic mass is 16.3. The topological polar surface area (TPSA) is 24.6 Å². The van der Waals surface area contributed by atoms with E-state index in [1.807, 2.05) is 12.1 Å². The van der Waals surface area contributed by atoms with Crippen LogP contribution in [0.2, 0.25) is 0 Å². The smallest absolute Gasteiger partial charge is 0.136 e. The van der Waals surface area contributed by atoms with Gasteiger partial charge in [0.1, 0.15) is 11.2 Å². The van der Waals surface area contributed by atoms with E-state index in [-0.39, 0.29) is 0 Å². The van der Waals surface area contributed by atoms with E-state index in [0.717, 1.165) is 72.7 Å². The Bertz CT molecular complexity index is 3200. The summed E-state index contributed by atoms with van der Waals surface area (Å²) in [4.78, 5) is 4.77. The molecule has 11 rings (SSSR count). The standard InChI is InChI=1S/C52H35N3O/c1-4-16-37(17-5-1)53(40-29-31-42-36(34-40)28-33-51-52(42)45-23-11-15-27-50(45)56-51)47-25-13-14-26-48(47)54(38-18-6-2-7-19-38)41-30-32-44-43-22-10-12-24-46(43)55(49(44)35-41)39-20-8-3-9-21-39/h1-35H. The number of para-hydroxylation sites is 7. The predicted octanol–water partition coefficient (Wildman–Crippen LogP) is 14.8. The van der Waals surface area contributed by atoms with Crippen molar-refractivity contribution >= 4 is 88.6 Å². The lowest BCUT2D eigenvalue weighted by Crippen LogP contribution is -2.17. The molecule has 11 aromatic rings. The Balaban J connectivity index is 1.14. The van der Waals surface area contributed by atoms with Gasteiger partial charge >= 0.3 is 0 Å². The van der Waals surface area contributed by atoms with Crippen LogP contribution in [0.1, 0.15) is 0 Å². The number of furan rings is 1. The van der Waals surface area contributed by atoms with E-state index in [4.69, 9.17) is 4.42 Å². The van der Waals surface area contributed by atoms with Crippen LogP contribution < -0.4 is 9.80 Å². The number of hydrogen-bond acceptors (Lipinski definition) is 3. The van der Waals surface area contributed by atoms with Crippen molar-refractivity contribution in [3.8, 4) is 5.69 Å². The van der Waals surface area contributed by atoms with Gasteiger partial charge in [0.25, 0.3) is 0 Å². The van der Waals surface area contributed by atoms with Crippen LogP contribution >= 0.6 is 0 Å². The minimum atomic E-state index is 0.901. The molecule has 264 valence electrons. The highest BCUT2D eigenvalue weighted by Crippen LogP contribution is 2.47. The molecule has 0 saturated heterocycles. The molecule has 0 aliphatic heterocycles. The van der Waals surface area contributed by atoms with Crippen molar-refractivity contribution in [3.63, 3.8) is 0 Å². The normalized spacial score (nSPS) is 11.6. The molecule has 0 aliphatic carbocycles. The fourth-order valence-electron chi connectivity index (χ4n) is 8.48. The molecule has 56 heavy (non-hydrogen) atoms. The Hall–Kier alpha value is -7.56. The second-order valence-electron chi connectivity index (χ2n) is 14.2. The van der Waals surface area contributed by atoms with E-state index in [1.54, 1.807) is 0 Å². The fourth-order valence-corrected chi connectivity index (χ4v) is 8.48. The third-order valence-electron chi connectivity index (χ3n) is 10.9. The lowest BCUT2D eigenvalue weighted by molar-refractivity contribution is 0.669. The highest BCUT2D eigenvalue weighted by molar-refractivity contribution is 6.19. The van der Waals surface area contributed by atoms with E-state index in [9.17, 15) is 0 Å². The van der Waals surface area contributed by atoms with Crippen molar-refractivity contribution in [2.24, 2.45) is 0 Å². The van der Waals surface area contributed by atoms with Crippen LogP contribution in [0, 0.1) is 0 Å². The maximum absolute atomic E-state index is 6.26. The highest BCUT2D eigenvalue weighted by Gasteiger charge is 2.24. The number of fused-ring (bicyclic) bond motifs is 8. The first-order chi connectivity index (χ1) is 27.8. The molecular formula is C52H35N3O. The van der Waals surface area contributed by atoms with Gasteiger partial charge in [-0.2, -0.15) is 0 Å². The molecule has 0 radical (unpaired) electrons. The summed E-state index contributed by atoms with van der Waals surface area (Å²) in [6, 6.07) is 75.7. The molecule has 0 aliphatic rings. The van der Waals surface area contributed by atoms with Gasteiger partial charge < -0.3 is 18.8 Å². The van der Waals surface area contributed by atoms with Crippen LogP contribution in [0.4, 0.5) is 34.1 Å². The predicted molar refractivity (Wildman–Crippen MR) is 235 cm³/mol. The van der Waals surface area contributed by atoms with E-state index < -0.39 is 0 Å². The summed E-state index contributed by atoms with van der Waals surface area (Å²) in [7, 11) is 0. The summed E-state index contributed by atoms with van der Waals surface area (Å²) in [5.74, 6) is 0. The molecule has 0 unspecified atom stereocenters. The first-order valence-corrected chi connectivity index (χ1v) is 19.0. The monoisotopic (exact) mass is 717 g/mol. The number of anilines is 6. The Labute approximate surface area is 324 Å². The quantitative estimate of drug-likeness (QED) is 0.164. The molecule has 0 atom stereocenters. The number of aromatic nitrogens is 1. The van der Waals surface area contributed by atoms with Crippen molar-refractivity contribution in [1.82, 2.24) is 4.57 Å². The molecule has 0 N–H and O–H groups in total. The molecule has 9 aromatic carbocycles. The average molecular weight is 718 g/mol. The maximum atomic E-state index is 6.26. The van der Waals surface area contributed by atoms with E-state index in [0.29, 0.717) is 0 Å². The van der Waals surface area contributed by atoms with Gasteiger partial charge in [-0.05, 0) is 102 Å². The van der Waals surface area contributed by atoms with Crippen LogP contribution in [-0.4, -0.2) is 4.57 Å². The third kappa shape index (κ3) is 5.15. The first-order valence-electron chi connectivity index (χ1n) is 19.0. The number of hydrogen-bond donors (Lipinski definition) is 0. The second kappa shape index (κ2) is 13.1. The molecule has 4 nitrogen and oxygen atoms in total. The van der Waals surface area contributed by atoms with E-state index in [2.05, 4.69) is 215 Å².